The van der Waals surface area contributed by atoms with Crippen LogP contribution in [0.2, 0.25) is 0 Å². The van der Waals surface area contributed by atoms with Crippen LogP contribution in [-0.2, 0) is 19.1 Å². The number of ether oxygens (including phenoxy) is 1. The fraction of sp³-hybridized carbons (Fsp3) is 0.467. The summed E-state index contributed by atoms with van der Waals surface area (Å²) in [5.41, 5.74) is 2.14. The fourth-order valence-corrected chi connectivity index (χ4v) is 5.21. The molecule has 1 aliphatic heterocycles. The molecule has 9 nitrogen and oxygen atoms in total. The number of nitrogens with zero attached hydrogens (tertiary/aromatic N) is 4. The van der Waals surface area contributed by atoms with Crippen LogP contribution >= 0.6 is 0 Å². The van der Waals surface area contributed by atoms with Crippen molar-refractivity contribution >= 4 is 24.0 Å². The number of hydrogen-bond acceptors (Lipinski definition) is 7. The van der Waals surface area contributed by atoms with Gasteiger partial charge >= 0.3 is 5.97 Å². The number of nitriles is 1. The first-order valence-electron chi connectivity index (χ1n) is 13.8. The monoisotopic (exact) mass is 549 g/mol. The Morgan fingerprint density at radius 1 is 1.15 bits per heavy atom. The maximum absolute atomic E-state index is 13.7. The van der Waals surface area contributed by atoms with Crippen molar-refractivity contribution in [2.45, 2.75) is 44.2 Å². The quantitative estimate of drug-likeness (QED) is 0.233. The summed E-state index contributed by atoms with van der Waals surface area (Å²) in [5.74, 6) is -0.304. The summed E-state index contributed by atoms with van der Waals surface area (Å²) in [6.07, 6.45) is 2.80. The topological polar surface area (TPSA) is 106 Å². The standard InChI is InChI=1S/C30H36FN5O4/c1-2-40-29(38)20-34-14-16-35(17-15-34)30(39)28(36(21-37)25-11-5-22(19-32)6-12-25)4-3-13-33-27-18-26(27)23-7-9-24(31)10-8-23/h5-12,21,26-28,33H,2-4,13-18,20H2,1H3/t26-,27+,28-/m0/s1. The van der Waals surface area contributed by atoms with E-state index in [-0.39, 0.29) is 24.2 Å². The second-order valence-electron chi connectivity index (χ2n) is 10.2. The molecule has 3 atom stereocenters. The van der Waals surface area contributed by atoms with Crippen molar-refractivity contribution in [3.8, 4) is 6.07 Å². The summed E-state index contributed by atoms with van der Waals surface area (Å²) in [4.78, 5) is 43.0. The zero-order valence-corrected chi connectivity index (χ0v) is 22.8. The molecule has 40 heavy (non-hydrogen) atoms. The largest absolute Gasteiger partial charge is 0.465 e. The van der Waals surface area contributed by atoms with Gasteiger partial charge in [0.25, 0.3) is 0 Å². The van der Waals surface area contributed by atoms with E-state index < -0.39 is 6.04 Å². The average Bonchev–Trinajstić information content (AvgIpc) is 3.75. The van der Waals surface area contributed by atoms with E-state index in [0.29, 0.717) is 81.8 Å². The number of carbonyl (C=O) groups excluding carboxylic acids is 3. The molecule has 1 aliphatic carbocycles. The molecule has 1 heterocycles. The summed E-state index contributed by atoms with van der Waals surface area (Å²) in [6.45, 7) is 4.97. The summed E-state index contributed by atoms with van der Waals surface area (Å²) in [6, 6.07) is 14.9. The van der Waals surface area contributed by atoms with Crippen LogP contribution < -0.4 is 10.2 Å². The Morgan fingerprint density at radius 2 is 1.85 bits per heavy atom. The Balaban J connectivity index is 1.36. The van der Waals surface area contributed by atoms with E-state index >= 15 is 0 Å². The molecule has 212 valence electrons. The molecule has 2 aromatic rings. The number of piperazine rings is 1. The molecule has 4 rings (SSSR count). The molecule has 2 amide bonds. The van der Waals surface area contributed by atoms with Gasteiger partial charge in [0.1, 0.15) is 11.9 Å². The smallest absolute Gasteiger partial charge is 0.320 e. The molecule has 2 aliphatic rings. The van der Waals surface area contributed by atoms with Gasteiger partial charge in [0, 0.05) is 43.8 Å². The molecule has 0 spiro atoms. The fourth-order valence-electron chi connectivity index (χ4n) is 5.21. The lowest BCUT2D eigenvalue weighted by atomic mass is 10.1. The van der Waals surface area contributed by atoms with E-state index in [2.05, 4.69) is 11.4 Å². The van der Waals surface area contributed by atoms with Crippen LogP contribution in [0, 0.1) is 17.1 Å². The first kappa shape index (κ1) is 29.2. The highest BCUT2D eigenvalue weighted by molar-refractivity contribution is 5.92. The highest BCUT2D eigenvalue weighted by atomic mass is 19.1. The second-order valence-corrected chi connectivity index (χ2v) is 10.2. The SMILES string of the molecule is CCOC(=O)CN1CCN(C(=O)[C@H](CCCN[C@@H]2C[C@H]2c2ccc(F)cc2)N(C=O)c2ccc(C#N)cc2)CC1. The Morgan fingerprint density at radius 3 is 2.48 bits per heavy atom. The molecule has 0 radical (unpaired) electrons. The summed E-state index contributed by atoms with van der Waals surface area (Å²) in [7, 11) is 0. The third-order valence-electron chi connectivity index (χ3n) is 7.52. The second kappa shape index (κ2) is 14.0. The van der Waals surface area contributed by atoms with Crippen molar-refractivity contribution in [3.05, 3.63) is 65.5 Å². The van der Waals surface area contributed by atoms with Crippen LogP contribution in [0.25, 0.3) is 0 Å². The lowest BCUT2D eigenvalue weighted by Gasteiger charge is -2.38. The lowest BCUT2D eigenvalue weighted by Crippen LogP contribution is -2.55. The molecule has 10 heteroatoms. The van der Waals surface area contributed by atoms with Gasteiger partial charge in [-0.15, -0.1) is 0 Å². The summed E-state index contributed by atoms with van der Waals surface area (Å²) < 4.78 is 18.3. The van der Waals surface area contributed by atoms with Crippen LogP contribution in [0.15, 0.2) is 48.5 Å². The summed E-state index contributed by atoms with van der Waals surface area (Å²) >= 11 is 0. The van der Waals surface area contributed by atoms with Crippen molar-refractivity contribution < 1.29 is 23.5 Å². The number of amides is 2. The number of nitrogens with one attached hydrogen (secondary N) is 1. The van der Waals surface area contributed by atoms with Gasteiger partial charge in [-0.3, -0.25) is 19.3 Å². The highest BCUT2D eigenvalue weighted by Gasteiger charge is 2.38. The molecule has 1 saturated heterocycles. The Labute approximate surface area is 234 Å². The van der Waals surface area contributed by atoms with Crippen molar-refractivity contribution in [2.75, 3.05) is 50.8 Å². The van der Waals surface area contributed by atoms with E-state index in [9.17, 15) is 18.8 Å². The molecule has 0 bridgehead atoms. The van der Waals surface area contributed by atoms with Crippen molar-refractivity contribution in [3.63, 3.8) is 0 Å². The number of hydrogen-bond donors (Lipinski definition) is 1. The summed E-state index contributed by atoms with van der Waals surface area (Å²) in [5, 5.41) is 12.7. The highest BCUT2D eigenvalue weighted by Crippen LogP contribution is 2.40. The third-order valence-corrected chi connectivity index (χ3v) is 7.52. The average molecular weight is 550 g/mol. The first-order valence-corrected chi connectivity index (χ1v) is 13.8. The van der Waals surface area contributed by atoms with Crippen molar-refractivity contribution in [1.82, 2.24) is 15.1 Å². The number of anilines is 1. The van der Waals surface area contributed by atoms with Crippen molar-refractivity contribution in [1.29, 1.82) is 5.26 Å². The van der Waals surface area contributed by atoms with Crippen LogP contribution in [0.4, 0.5) is 10.1 Å². The number of rotatable bonds is 13. The van der Waals surface area contributed by atoms with Crippen LogP contribution in [0.1, 0.15) is 43.2 Å². The minimum absolute atomic E-state index is 0.136. The van der Waals surface area contributed by atoms with Gasteiger partial charge in [-0.1, -0.05) is 12.1 Å². The molecule has 2 aromatic carbocycles. The minimum Gasteiger partial charge on any atom is -0.465 e. The maximum atomic E-state index is 13.7. The normalized spacial score (nSPS) is 19.4. The van der Waals surface area contributed by atoms with Gasteiger partial charge in [-0.25, -0.2) is 4.39 Å². The van der Waals surface area contributed by atoms with E-state index in [1.54, 1.807) is 36.1 Å². The number of halogens is 1. The molecule has 2 fully saturated rings. The zero-order valence-electron chi connectivity index (χ0n) is 22.8. The van der Waals surface area contributed by atoms with E-state index in [4.69, 9.17) is 10.00 Å². The van der Waals surface area contributed by atoms with Gasteiger partial charge in [0.15, 0.2) is 0 Å². The number of carbonyl (C=O) groups is 3. The first-order chi connectivity index (χ1) is 19.4. The predicted molar refractivity (Wildman–Crippen MR) is 148 cm³/mol. The Kier molecular flexibility index (Phi) is 10.2. The number of esters is 1. The Hall–Kier alpha value is -3.81. The molecular weight excluding hydrogens is 513 g/mol. The molecule has 0 unspecified atom stereocenters. The van der Waals surface area contributed by atoms with Crippen molar-refractivity contribution in [2.24, 2.45) is 0 Å². The van der Waals surface area contributed by atoms with Crippen LogP contribution in [0.3, 0.4) is 0 Å². The molecular formula is C30H36FN5O4. The van der Waals surface area contributed by atoms with E-state index in [1.165, 1.54) is 17.0 Å². The van der Waals surface area contributed by atoms with Crippen LogP contribution in [-0.4, -0.2) is 86.0 Å². The lowest BCUT2D eigenvalue weighted by molar-refractivity contribution is -0.145. The van der Waals surface area contributed by atoms with Gasteiger partial charge in [0.2, 0.25) is 12.3 Å². The van der Waals surface area contributed by atoms with E-state index in [0.717, 1.165) is 12.0 Å². The zero-order chi connectivity index (χ0) is 28.5. The predicted octanol–water partition coefficient (Wildman–Crippen LogP) is 2.66. The van der Waals surface area contributed by atoms with Gasteiger partial charge in [0.05, 0.1) is 24.8 Å². The van der Waals surface area contributed by atoms with Gasteiger partial charge in [-0.05, 0) is 74.7 Å². The Bertz CT molecular complexity index is 1190. The number of benzene rings is 2. The molecule has 0 aromatic heterocycles. The van der Waals surface area contributed by atoms with Gasteiger partial charge < -0.3 is 19.9 Å². The molecule has 1 N–H and O–H groups in total. The van der Waals surface area contributed by atoms with Gasteiger partial charge in [-0.2, -0.15) is 5.26 Å². The minimum atomic E-state index is -0.698. The van der Waals surface area contributed by atoms with Crippen LogP contribution in [0.5, 0.6) is 0 Å². The third kappa shape index (κ3) is 7.64. The maximum Gasteiger partial charge on any atom is 0.320 e. The van der Waals surface area contributed by atoms with E-state index in [1.807, 2.05) is 17.0 Å². The molecule has 1 saturated carbocycles.